The maximum absolute atomic E-state index is 12.5. The van der Waals surface area contributed by atoms with Crippen molar-refractivity contribution in [2.75, 3.05) is 0 Å². The van der Waals surface area contributed by atoms with E-state index in [9.17, 15) is 22.0 Å². The van der Waals surface area contributed by atoms with E-state index in [2.05, 4.69) is 41.6 Å². The molecule has 0 amide bonds. The van der Waals surface area contributed by atoms with E-state index in [-0.39, 0.29) is 10.9 Å². The molecule has 17 heavy (non-hydrogen) atoms. The number of ether oxygens (including phenoxy) is 1. The van der Waals surface area contributed by atoms with Gasteiger partial charge in [0.25, 0.3) is 6.43 Å². The van der Waals surface area contributed by atoms with Crippen molar-refractivity contribution >= 4 is 31.9 Å². The molecule has 0 fully saturated rings. The van der Waals surface area contributed by atoms with Gasteiger partial charge in [0.05, 0.1) is 0 Å². The lowest BCUT2D eigenvalue weighted by Gasteiger charge is -2.13. The zero-order chi connectivity index (χ0) is 13.2. The fourth-order valence-electron chi connectivity index (χ4n) is 1.02. The number of nitrogens with zero attached hydrogens (tertiary/aromatic N) is 1. The number of halogens is 7. The minimum absolute atomic E-state index is 0.0544. The maximum atomic E-state index is 12.5. The number of pyridine rings is 1. The van der Waals surface area contributed by atoms with Gasteiger partial charge in [-0.3, -0.25) is 0 Å². The molecular weight excluding hydrogens is 381 g/mol. The molecule has 0 aliphatic rings. The van der Waals surface area contributed by atoms with Crippen molar-refractivity contribution in [3.05, 3.63) is 21.9 Å². The molecule has 9 heteroatoms. The largest absolute Gasteiger partial charge is 0.573 e. The summed E-state index contributed by atoms with van der Waals surface area (Å²) in [5.74, 6) is -0.656. The van der Waals surface area contributed by atoms with Crippen molar-refractivity contribution in [3.63, 3.8) is 0 Å². The molecule has 0 aliphatic carbocycles. The summed E-state index contributed by atoms with van der Waals surface area (Å²) in [6, 6.07) is 0.862. The first kappa shape index (κ1) is 14.6. The van der Waals surface area contributed by atoms with E-state index < -0.39 is 28.8 Å². The number of aromatic nitrogens is 1. The Morgan fingerprint density at radius 2 is 1.94 bits per heavy atom. The third-order valence-electron chi connectivity index (χ3n) is 1.63. The molecule has 0 saturated carbocycles. The average molecular weight is 385 g/mol. The molecule has 0 unspecified atom stereocenters. The van der Waals surface area contributed by atoms with Gasteiger partial charge < -0.3 is 4.74 Å². The van der Waals surface area contributed by atoms with Gasteiger partial charge >= 0.3 is 6.36 Å². The number of rotatable bonds is 3. The number of hydrogen-bond donors (Lipinski definition) is 0. The standard InChI is InChI=1S/C8H4Br2F5NO/c9-2-3-1-4(17-8(13,14)15)6(10)16-5(3)7(11)12/h1,7H,2H2. The first-order chi connectivity index (χ1) is 7.74. The van der Waals surface area contributed by atoms with Crippen LogP contribution in [0.1, 0.15) is 17.7 Å². The second-order valence-corrected chi connectivity index (χ2v) is 4.12. The Kier molecular flexibility index (Phi) is 4.70. The monoisotopic (exact) mass is 383 g/mol. The Bertz CT molecular complexity index is 410. The highest BCUT2D eigenvalue weighted by atomic mass is 79.9. The summed E-state index contributed by atoms with van der Waals surface area (Å²) < 4.78 is 64.2. The van der Waals surface area contributed by atoms with Crippen molar-refractivity contribution in [2.45, 2.75) is 18.1 Å². The molecule has 0 saturated heterocycles. The minimum atomic E-state index is -4.90. The van der Waals surface area contributed by atoms with Crippen LogP contribution in [-0.4, -0.2) is 11.3 Å². The van der Waals surface area contributed by atoms with Gasteiger partial charge in [-0.05, 0) is 27.6 Å². The Morgan fingerprint density at radius 1 is 1.35 bits per heavy atom. The lowest BCUT2D eigenvalue weighted by atomic mass is 10.2. The van der Waals surface area contributed by atoms with Gasteiger partial charge in [-0.2, -0.15) is 0 Å². The molecule has 0 spiro atoms. The van der Waals surface area contributed by atoms with Gasteiger partial charge in [-0.1, -0.05) is 15.9 Å². The molecule has 1 aromatic heterocycles. The minimum Gasteiger partial charge on any atom is -0.403 e. The average Bonchev–Trinajstić information content (AvgIpc) is 2.18. The highest BCUT2D eigenvalue weighted by Gasteiger charge is 2.33. The topological polar surface area (TPSA) is 22.1 Å². The molecule has 1 aromatic rings. The lowest BCUT2D eigenvalue weighted by Crippen LogP contribution is -2.18. The van der Waals surface area contributed by atoms with Crippen LogP contribution in [0.3, 0.4) is 0 Å². The molecule has 1 rings (SSSR count). The van der Waals surface area contributed by atoms with Gasteiger partial charge in [-0.25, -0.2) is 13.8 Å². The Hall–Kier alpha value is -0.440. The van der Waals surface area contributed by atoms with Crippen LogP contribution in [0.15, 0.2) is 10.7 Å². The summed E-state index contributed by atoms with van der Waals surface area (Å²) >= 11 is 5.54. The zero-order valence-electron chi connectivity index (χ0n) is 7.86. The quantitative estimate of drug-likeness (QED) is 0.432. The Morgan fingerprint density at radius 3 is 2.35 bits per heavy atom. The van der Waals surface area contributed by atoms with E-state index in [1.807, 2.05) is 0 Å². The summed E-state index contributed by atoms with van der Waals surface area (Å²) in [5.41, 5.74) is -0.661. The van der Waals surface area contributed by atoms with Crippen LogP contribution in [0.25, 0.3) is 0 Å². The molecule has 0 N–H and O–H groups in total. The molecule has 0 aromatic carbocycles. The first-order valence-corrected chi connectivity index (χ1v) is 5.95. The van der Waals surface area contributed by atoms with E-state index in [1.54, 1.807) is 0 Å². The highest BCUT2D eigenvalue weighted by Crippen LogP contribution is 2.34. The molecule has 1 heterocycles. The number of hydrogen-bond acceptors (Lipinski definition) is 2. The van der Waals surface area contributed by atoms with Gasteiger partial charge in [0.1, 0.15) is 10.3 Å². The van der Waals surface area contributed by atoms with Gasteiger partial charge in [-0.15, -0.1) is 13.2 Å². The normalized spacial score (nSPS) is 12.0. The molecular formula is C8H4Br2F5NO. The zero-order valence-corrected chi connectivity index (χ0v) is 11.0. The van der Waals surface area contributed by atoms with Crippen LogP contribution in [-0.2, 0) is 5.33 Å². The third-order valence-corrected chi connectivity index (χ3v) is 2.80. The fourth-order valence-corrected chi connectivity index (χ4v) is 1.85. The molecule has 0 bridgehead atoms. The van der Waals surface area contributed by atoms with Crippen LogP contribution in [0.4, 0.5) is 22.0 Å². The smallest absolute Gasteiger partial charge is 0.403 e. The van der Waals surface area contributed by atoms with Crippen molar-refractivity contribution in [1.29, 1.82) is 0 Å². The maximum Gasteiger partial charge on any atom is 0.573 e. The highest BCUT2D eigenvalue weighted by molar-refractivity contribution is 9.10. The van der Waals surface area contributed by atoms with E-state index in [0.717, 1.165) is 6.07 Å². The van der Waals surface area contributed by atoms with Crippen LogP contribution in [0, 0.1) is 0 Å². The van der Waals surface area contributed by atoms with Crippen molar-refractivity contribution in [3.8, 4) is 5.75 Å². The summed E-state index contributed by atoms with van der Waals surface area (Å²) in [5, 5.41) is -0.0544. The van der Waals surface area contributed by atoms with Gasteiger partial charge in [0.15, 0.2) is 5.75 Å². The fraction of sp³-hybridized carbons (Fsp3) is 0.375. The summed E-state index contributed by atoms with van der Waals surface area (Å²) in [6.07, 6.45) is -7.78. The van der Waals surface area contributed by atoms with Crippen molar-refractivity contribution in [1.82, 2.24) is 4.98 Å². The lowest BCUT2D eigenvalue weighted by molar-refractivity contribution is -0.275. The van der Waals surface area contributed by atoms with Gasteiger partial charge in [0, 0.05) is 5.33 Å². The van der Waals surface area contributed by atoms with E-state index in [1.165, 1.54) is 0 Å². The van der Waals surface area contributed by atoms with E-state index in [4.69, 9.17) is 0 Å². The molecule has 0 aliphatic heterocycles. The van der Waals surface area contributed by atoms with Crippen molar-refractivity contribution in [2.24, 2.45) is 0 Å². The van der Waals surface area contributed by atoms with Crippen LogP contribution in [0.5, 0.6) is 5.75 Å². The molecule has 96 valence electrons. The van der Waals surface area contributed by atoms with Crippen LogP contribution < -0.4 is 4.74 Å². The summed E-state index contributed by atoms with van der Waals surface area (Å²) in [4.78, 5) is 3.34. The summed E-state index contributed by atoms with van der Waals surface area (Å²) in [7, 11) is 0. The first-order valence-electron chi connectivity index (χ1n) is 4.03. The Labute approximate surface area is 109 Å². The summed E-state index contributed by atoms with van der Waals surface area (Å²) in [6.45, 7) is 0. The predicted molar refractivity (Wildman–Crippen MR) is 56.2 cm³/mol. The molecule has 0 atom stereocenters. The molecule has 2 nitrogen and oxygen atoms in total. The van der Waals surface area contributed by atoms with E-state index in [0.29, 0.717) is 0 Å². The second kappa shape index (κ2) is 5.47. The van der Waals surface area contributed by atoms with Crippen LogP contribution >= 0.6 is 31.9 Å². The third kappa shape index (κ3) is 4.06. The van der Waals surface area contributed by atoms with Crippen LogP contribution in [0.2, 0.25) is 0 Å². The van der Waals surface area contributed by atoms with E-state index >= 15 is 0 Å². The predicted octanol–water partition coefficient (Wildman–Crippen LogP) is 4.58. The van der Waals surface area contributed by atoms with Gasteiger partial charge in [0.2, 0.25) is 0 Å². The number of alkyl halides is 6. The van der Waals surface area contributed by atoms with Crippen molar-refractivity contribution < 1.29 is 26.7 Å². The molecule has 0 radical (unpaired) electrons. The second-order valence-electron chi connectivity index (χ2n) is 2.80. The Balaban J connectivity index is 3.18. The SMILES string of the molecule is FC(F)c1nc(Br)c(OC(F)(F)F)cc1CBr.